The van der Waals surface area contributed by atoms with Crippen LogP contribution in [0.1, 0.15) is 27.2 Å². The van der Waals surface area contributed by atoms with Crippen molar-refractivity contribution in [3.05, 3.63) is 24.8 Å². The smallest absolute Gasteiger partial charge is 0.139 e. The van der Waals surface area contributed by atoms with Crippen molar-refractivity contribution in [1.29, 1.82) is 0 Å². The van der Waals surface area contributed by atoms with Crippen LogP contribution in [0.5, 0.6) is 0 Å². The summed E-state index contributed by atoms with van der Waals surface area (Å²) in [5.41, 5.74) is -0.337. The quantitative estimate of drug-likeness (QED) is 0.566. The van der Waals surface area contributed by atoms with Gasteiger partial charge in [0.25, 0.3) is 0 Å². The lowest BCUT2D eigenvalue weighted by atomic mass is 9.83. The summed E-state index contributed by atoms with van der Waals surface area (Å²) in [5, 5.41) is 0. The van der Waals surface area contributed by atoms with Crippen LogP contribution < -0.4 is 0 Å². The molecule has 0 heterocycles. The van der Waals surface area contributed by atoms with Crippen LogP contribution in [-0.2, 0) is 4.79 Å². The summed E-state index contributed by atoms with van der Waals surface area (Å²) >= 11 is 0. The number of carbonyl (C=O) groups is 1. The van der Waals surface area contributed by atoms with Crippen molar-refractivity contribution in [3.8, 4) is 0 Å². The number of allylic oxidation sites excluding steroid dienone is 3. The molecule has 1 heteroatoms. The number of Topliss-reactive ketones (excluding diaryl/α,β-unsaturated/α-hetero) is 1. The van der Waals surface area contributed by atoms with E-state index >= 15 is 0 Å². The molecule has 1 atom stereocenters. The minimum atomic E-state index is -0.337. The zero-order chi connectivity index (χ0) is 8.91. The Labute approximate surface area is 68.8 Å². The van der Waals surface area contributed by atoms with Crippen LogP contribution in [0.15, 0.2) is 24.8 Å². The van der Waals surface area contributed by atoms with Gasteiger partial charge in [-0.15, -0.1) is 6.58 Å². The standard InChI is InChI=1S/C10H16O/c1-5-7-10(4,8-6-2)9(3)11/h5-6,8H,1,7H2,2-4H3/b8-6+. The van der Waals surface area contributed by atoms with Gasteiger partial charge in [0.2, 0.25) is 0 Å². The van der Waals surface area contributed by atoms with Gasteiger partial charge in [-0.1, -0.05) is 18.2 Å². The van der Waals surface area contributed by atoms with Gasteiger partial charge in [-0.25, -0.2) is 0 Å². The van der Waals surface area contributed by atoms with Crippen LogP contribution in [0.4, 0.5) is 0 Å². The van der Waals surface area contributed by atoms with Crippen LogP contribution in [0.2, 0.25) is 0 Å². The minimum Gasteiger partial charge on any atom is -0.299 e. The molecule has 0 amide bonds. The molecule has 0 aromatic rings. The van der Waals surface area contributed by atoms with E-state index in [1.165, 1.54) is 0 Å². The summed E-state index contributed by atoms with van der Waals surface area (Å²) < 4.78 is 0. The van der Waals surface area contributed by atoms with Gasteiger partial charge in [-0.3, -0.25) is 4.79 Å². The van der Waals surface area contributed by atoms with Gasteiger partial charge in [0.15, 0.2) is 0 Å². The third-order valence-corrected chi connectivity index (χ3v) is 1.91. The van der Waals surface area contributed by atoms with Crippen molar-refractivity contribution >= 4 is 5.78 Å². The first-order valence-electron chi connectivity index (χ1n) is 3.82. The fraction of sp³-hybridized carbons (Fsp3) is 0.500. The Morgan fingerprint density at radius 2 is 2.18 bits per heavy atom. The topological polar surface area (TPSA) is 17.1 Å². The van der Waals surface area contributed by atoms with E-state index in [1.807, 2.05) is 26.0 Å². The van der Waals surface area contributed by atoms with Crippen molar-refractivity contribution in [2.45, 2.75) is 27.2 Å². The monoisotopic (exact) mass is 152 g/mol. The summed E-state index contributed by atoms with van der Waals surface area (Å²) in [6.45, 7) is 9.09. The highest BCUT2D eigenvalue weighted by Crippen LogP contribution is 2.24. The van der Waals surface area contributed by atoms with Gasteiger partial charge in [-0.05, 0) is 27.2 Å². The zero-order valence-corrected chi connectivity index (χ0v) is 7.55. The maximum absolute atomic E-state index is 11.1. The Morgan fingerprint density at radius 1 is 1.64 bits per heavy atom. The lowest BCUT2D eigenvalue weighted by Crippen LogP contribution is -2.21. The Bertz CT molecular complexity index is 179. The Hall–Kier alpha value is -0.850. The van der Waals surface area contributed by atoms with Crippen molar-refractivity contribution in [2.24, 2.45) is 5.41 Å². The van der Waals surface area contributed by atoms with Crippen molar-refractivity contribution < 1.29 is 4.79 Å². The van der Waals surface area contributed by atoms with Crippen molar-refractivity contribution in [1.82, 2.24) is 0 Å². The van der Waals surface area contributed by atoms with Crippen molar-refractivity contribution in [3.63, 3.8) is 0 Å². The van der Waals surface area contributed by atoms with Gasteiger partial charge < -0.3 is 0 Å². The average molecular weight is 152 g/mol. The van der Waals surface area contributed by atoms with Gasteiger partial charge in [-0.2, -0.15) is 0 Å². The molecule has 0 bridgehead atoms. The third kappa shape index (κ3) is 2.71. The van der Waals surface area contributed by atoms with Gasteiger partial charge in [0.05, 0.1) is 0 Å². The molecule has 62 valence electrons. The van der Waals surface area contributed by atoms with Gasteiger partial charge >= 0.3 is 0 Å². The van der Waals surface area contributed by atoms with Gasteiger partial charge in [0, 0.05) is 5.41 Å². The SMILES string of the molecule is C=CCC(C)(/C=C/C)C(C)=O. The first-order chi connectivity index (χ1) is 5.06. The van der Waals surface area contributed by atoms with Crippen LogP contribution >= 0.6 is 0 Å². The molecule has 0 N–H and O–H groups in total. The average Bonchev–Trinajstić information content (AvgIpc) is 1.88. The predicted molar refractivity (Wildman–Crippen MR) is 48.4 cm³/mol. The molecule has 0 fully saturated rings. The van der Waals surface area contributed by atoms with E-state index in [2.05, 4.69) is 6.58 Å². The second-order valence-corrected chi connectivity index (χ2v) is 2.97. The van der Waals surface area contributed by atoms with E-state index in [4.69, 9.17) is 0 Å². The van der Waals surface area contributed by atoms with E-state index in [-0.39, 0.29) is 11.2 Å². The summed E-state index contributed by atoms with van der Waals surface area (Å²) in [5.74, 6) is 0.190. The van der Waals surface area contributed by atoms with Crippen LogP contribution in [0.25, 0.3) is 0 Å². The number of hydrogen-bond donors (Lipinski definition) is 0. The summed E-state index contributed by atoms with van der Waals surface area (Å²) in [4.78, 5) is 11.1. The molecular formula is C10H16O. The van der Waals surface area contributed by atoms with Gasteiger partial charge in [0.1, 0.15) is 5.78 Å². The Morgan fingerprint density at radius 3 is 2.45 bits per heavy atom. The molecule has 0 saturated carbocycles. The van der Waals surface area contributed by atoms with Crippen LogP contribution in [0, 0.1) is 5.41 Å². The molecule has 0 aromatic carbocycles. The predicted octanol–water partition coefficient (Wildman–Crippen LogP) is 2.73. The van der Waals surface area contributed by atoms with Crippen LogP contribution in [0.3, 0.4) is 0 Å². The number of ketones is 1. The summed E-state index contributed by atoms with van der Waals surface area (Å²) in [6.07, 6.45) is 6.33. The lowest BCUT2D eigenvalue weighted by molar-refractivity contribution is -0.123. The second kappa shape index (κ2) is 4.12. The lowest BCUT2D eigenvalue weighted by Gasteiger charge is -2.20. The molecule has 0 aliphatic heterocycles. The Kier molecular flexibility index (Phi) is 3.80. The number of carbonyl (C=O) groups excluding carboxylic acids is 1. The highest BCUT2D eigenvalue weighted by Gasteiger charge is 2.23. The molecule has 0 rings (SSSR count). The Balaban J connectivity index is 4.50. The van der Waals surface area contributed by atoms with E-state index in [9.17, 15) is 4.79 Å². The number of hydrogen-bond acceptors (Lipinski definition) is 1. The number of rotatable bonds is 4. The fourth-order valence-corrected chi connectivity index (χ4v) is 0.997. The molecule has 0 aliphatic carbocycles. The molecule has 0 radical (unpaired) electrons. The molecule has 11 heavy (non-hydrogen) atoms. The molecule has 0 aliphatic rings. The van der Waals surface area contributed by atoms with E-state index in [0.29, 0.717) is 6.42 Å². The summed E-state index contributed by atoms with van der Waals surface area (Å²) in [6, 6.07) is 0. The fourth-order valence-electron chi connectivity index (χ4n) is 0.997. The first-order valence-corrected chi connectivity index (χ1v) is 3.82. The first kappa shape index (κ1) is 10.2. The molecular weight excluding hydrogens is 136 g/mol. The molecule has 1 nitrogen and oxygen atoms in total. The largest absolute Gasteiger partial charge is 0.299 e. The highest BCUT2D eigenvalue weighted by atomic mass is 16.1. The minimum absolute atomic E-state index is 0.190. The van der Waals surface area contributed by atoms with E-state index < -0.39 is 0 Å². The van der Waals surface area contributed by atoms with Crippen molar-refractivity contribution in [2.75, 3.05) is 0 Å². The highest BCUT2D eigenvalue weighted by molar-refractivity contribution is 5.84. The molecule has 0 aromatic heterocycles. The molecule has 1 unspecified atom stereocenters. The van der Waals surface area contributed by atoms with Crippen LogP contribution in [-0.4, -0.2) is 5.78 Å². The molecule has 0 saturated heterocycles. The molecule has 0 spiro atoms. The second-order valence-electron chi connectivity index (χ2n) is 2.97. The normalized spacial score (nSPS) is 16.3. The van der Waals surface area contributed by atoms with E-state index in [1.54, 1.807) is 13.0 Å². The maximum Gasteiger partial charge on any atom is 0.139 e. The maximum atomic E-state index is 11.1. The summed E-state index contributed by atoms with van der Waals surface area (Å²) in [7, 11) is 0. The zero-order valence-electron chi connectivity index (χ0n) is 7.55. The van der Waals surface area contributed by atoms with E-state index in [0.717, 1.165) is 0 Å². The third-order valence-electron chi connectivity index (χ3n) is 1.91.